The Morgan fingerprint density at radius 2 is 1.86 bits per heavy atom. The molecular formula is C18H26N2O. The van der Waals surface area contributed by atoms with E-state index < -0.39 is 0 Å². The van der Waals surface area contributed by atoms with Crippen molar-refractivity contribution < 1.29 is 4.74 Å². The van der Waals surface area contributed by atoms with Gasteiger partial charge in [0.25, 0.3) is 0 Å². The summed E-state index contributed by atoms with van der Waals surface area (Å²) in [6.45, 7) is 10.6. The number of nitrogens with one attached hydrogen (secondary N) is 1. The minimum atomic E-state index is -0.143. The molecule has 0 bridgehead atoms. The number of hydrogen-bond acceptors (Lipinski definition) is 3. The van der Waals surface area contributed by atoms with Crippen molar-refractivity contribution in [1.29, 1.82) is 5.26 Å². The number of hydrogen-bond donors (Lipinski definition) is 1. The van der Waals surface area contributed by atoms with Crippen molar-refractivity contribution in [1.82, 2.24) is 0 Å². The van der Waals surface area contributed by atoms with E-state index in [0.717, 1.165) is 30.5 Å². The monoisotopic (exact) mass is 286 g/mol. The molecule has 0 spiro atoms. The zero-order chi connectivity index (χ0) is 15.7. The van der Waals surface area contributed by atoms with Gasteiger partial charge in [-0.3, -0.25) is 0 Å². The molecule has 1 N–H and O–H groups in total. The van der Waals surface area contributed by atoms with Crippen LogP contribution in [0.5, 0.6) is 0 Å². The van der Waals surface area contributed by atoms with Crippen molar-refractivity contribution in [3.8, 4) is 6.07 Å². The zero-order valence-electron chi connectivity index (χ0n) is 13.8. The number of aryl methyl sites for hydroxylation is 1. The van der Waals surface area contributed by atoms with Crippen LogP contribution < -0.4 is 5.32 Å². The molecule has 1 aromatic carbocycles. The van der Waals surface area contributed by atoms with Gasteiger partial charge in [-0.1, -0.05) is 13.0 Å². The van der Waals surface area contributed by atoms with Gasteiger partial charge in [-0.2, -0.15) is 5.26 Å². The average Bonchev–Trinajstić information content (AvgIpc) is 2.35. The van der Waals surface area contributed by atoms with Crippen LogP contribution in [-0.2, 0) is 11.2 Å². The predicted molar refractivity (Wildman–Crippen MR) is 86.4 cm³/mol. The van der Waals surface area contributed by atoms with Gasteiger partial charge in [0.15, 0.2) is 0 Å². The van der Waals surface area contributed by atoms with Gasteiger partial charge in [0.2, 0.25) is 0 Å². The molecule has 114 valence electrons. The zero-order valence-corrected chi connectivity index (χ0v) is 13.8. The molecule has 0 radical (unpaired) electrons. The first-order valence-corrected chi connectivity index (χ1v) is 7.74. The van der Waals surface area contributed by atoms with Crippen LogP contribution in [0.4, 0.5) is 5.69 Å². The highest BCUT2D eigenvalue weighted by molar-refractivity contribution is 5.59. The molecular weight excluding hydrogens is 260 g/mol. The van der Waals surface area contributed by atoms with E-state index in [-0.39, 0.29) is 11.2 Å². The number of ether oxygens (including phenoxy) is 1. The van der Waals surface area contributed by atoms with E-state index in [4.69, 9.17) is 4.74 Å². The van der Waals surface area contributed by atoms with Crippen LogP contribution >= 0.6 is 0 Å². The van der Waals surface area contributed by atoms with E-state index in [9.17, 15) is 5.26 Å². The first-order valence-electron chi connectivity index (χ1n) is 7.74. The summed E-state index contributed by atoms with van der Waals surface area (Å²) in [5.41, 5.74) is 2.58. The first kappa shape index (κ1) is 15.9. The number of nitrogens with zero attached hydrogens (tertiary/aromatic N) is 1. The van der Waals surface area contributed by atoms with E-state index in [1.54, 1.807) is 0 Å². The fourth-order valence-corrected chi connectivity index (χ4v) is 3.44. The summed E-state index contributed by atoms with van der Waals surface area (Å²) >= 11 is 0. The van der Waals surface area contributed by atoms with Gasteiger partial charge >= 0.3 is 0 Å². The van der Waals surface area contributed by atoms with Crippen molar-refractivity contribution in [3.63, 3.8) is 0 Å². The molecule has 0 unspecified atom stereocenters. The summed E-state index contributed by atoms with van der Waals surface area (Å²) in [7, 11) is 0. The lowest BCUT2D eigenvalue weighted by molar-refractivity contribution is -0.158. The number of benzene rings is 1. The topological polar surface area (TPSA) is 45.0 Å². The van der Waals surface area contributed by atoms with E-state index in [1.165, 1.54) is 5.56 Å². The summed E-state index contributed by atoms with van der Waals surface area (Å²) in [6, 6.07) is 8.74. The molecule has 1 heterocycles. The number of rotatable bonds is 3. The summed E-state index contributed by atoms with van der Waals surface area (Å²) in [5, 5.41) is 12.9. The molecule has 0 atom stereocenters. The Morgan fingerprint density at radius 3 is 2.38 bits per heavy atom. The van der Waals surface area contributed by atoms with Crippen LogP contribution in [0, 0.1) is 11.3 Å². The molecule has 3 heteroatoms. The molecule has 0 aromatic heterocycles. The lowest BCUT2D eigenvalue weighted by atomic mass is 9.85. The van der Waals surface area contributed by atoms with Gasteiger partial charge < -0.3 is 10.1 Å². The van der Waals surface area contributed by atoms with Crippen LogP contribution in [0.1, 0.15) is 58.6 Å². The molecule has 0 aliphatic carbocycles. The van der Waals surface area contributed by atoms with Crippen LogP contribution in [0.2, 0.25) is 0 Å². The van der Waals surface area contributed by atoms with Crippen molar-refractivity contribution >= 4 is 5.69 Å². The largest absolute Gasteiger partial charge is 0.381 e. The summed E-state index contributed by atoms with van der Waals surface area (Å²) in [6.07, 6.45) is 2.83. The molecule has 1 saturated heterocycles. The predicted octanol–water partition coefficient (Wildman–Crippen LogP) is 4.27. The number of nitriles is 1. The molecule has 1 aromatic rings. The molecule has 2 rings (SSSR count). The smallest absolute Gasteiger partial charge is 0.101 e. The van der Waals surface area contributed by atoms with Crippen molar-refractivity contribution in [2.75, 3.05) is 5.32 Å². The molecule has 21 heavy (non-hydrogen) atoms. The van der Waals surface area contributed by atoms with Crippen LogP contribution in [0.15, 0.2) is 18.2 Å². The van der Waals surface area contributed by atoms with E-state index in [0.29, 0.717) is 6.04 Å². The Balaban J connectivity index is 2.20. The lowest BCUT2D eigenvalue weighted by Gasteiger charge is -2.45. The minimum Gasteiger partial charge on any atom is -0.381 e. The van der Waals surface area contributed by atoms with Gasteiger partial charge in [-0.15, -0.1) is 0 Å². The average molecular weight is 286 g/mol. The van der Waals surface area contributed by atoms with Crippen LogP contribution in [-0.4, -0.2) is 17.2 Å². The third-order valence-electron chi connectivity index (χ3n) is 4.00. The molecule has 1 fully saturated rings. The van der Waals surface area contributed by atoms with E-state index in [1.807, 2.05) is 12.1 Å². The van der Waals surface area contributed by atoms with Gasteiger partial charge in [0.05, 0.1) is 22.5 Å². The van der Waals surface area contributed by atoms with Crippen LogP contribution in [0.3, 0.4) is 0 Å². The normalized spacial score (nSPS) is 20.8. The van der Waals surface area contributed by atoms with Gasteiger partial charge in [-0.25, -0.2) is 0 Å². The van der Waals surface area contributed by atoms with E-state index >= 15 is 0 Å². The van der Waals surface area contributed by atoms with Crippen molar-refractivity contribution in [2.24, 2.45) is 0 Å². The Labute approximate surface area is 128 Å². The summed E-state index contributed by atoms with van der Waals surface area (Å²) < 4.78 is 6.12. The SMILES string of the molecule is CCc1ccc(NC2CC(C)(C)OC(C)(C)C2)c(C#N)c1. The standard InChI is InChI=1S/C18H26N2O/c1-6-13-7-8-16(14(9-13)12-19)20-15-10-17(2,3)21-18(4,5)11-15/h7-9,15,20H,6,10-11H2,1-5H3. The van der Waals surface area contributed by atoms with E-state index in [2.05, 4.69) is 52.1 Å². The Hall–Kier alpha value is -1.53. The maximum atomic E-state index is 9.36. The molecule has 1 aliphatic rings. The van der Waals surface area contributed by atoms with Crippen molar-refractivity contribution in [3.05, 3.63) is 29.3 Å². The molecule has 3 nitrogen and oxygen atoms in total. The Bertz CT molecular complexity index is 539. The second-order valence-corrected chi connectivity index (χ2v) is 7.22. The highest BCUT2D eigenvalue weighted by Crippen LogP contribution is 2.36. The third kappa shape index (κ3) is 3.98. The quantitative estimate of drug-likeness (QED) is 0.902. The first-order chi connectivity index (χ1) is 9.74. The summed E-state index contributed by atoms with van der Waals surface area (Å²) in [4.78, 5) is 0. The fraction of sp³-hybridized carbons (Fsp3) is 0.611. The lowest BCUT2D eigenvalue weighted by Crippen LogP contribution is -2.49. The molecule has 1 aliphatic heterocycles. The van der Waals surface area contributed by atoms with Gasteiger partial charge in [0, 0.05) is 6.04 Å². The van der Waals surface area contributed by atoms with Crippen molar-refractivity contribution in [2.45, 2.75) is 71.1 Å². The molecule has 0 amide bonds. The second kappa shape index (κ2) is 5.69. The highest BCUT2D eigenvalue weighted by atomic mass is 16.5. The third-order valence-corrected chi connectivity index (χ3v) is 4.00. The summed E-state index contributed by atoms with van der Waals surface area (Å²) in [5.74, 6) is 0. The maximum Gasteiger partial charge on any atom is 0.101 e. The highest BCUT2D eigenvalue weighted by Gasteiger charge is 2.39. The van der Waals surface area contributed by atoms with Crippen LogP contribution in [0.25, 0.3) is 0 Å². The van der Waals surface area contributed by atoms with Gasteiger partial charge in [-0.05, 0) is 64.7 Å². The maximum absolute atomic E-state index is 9.36. The second-order valence-electron chi connectivity index (χ2n) is 7.22. The fourth-order valence-electron chi connectivity index (χ4n) is 3.44. The minimum absolute atomic E-state index is 0.143. The Kier molecular flexibility index (Phi) is 4.30. The van der Waals surface area contributed by atoms with Gasteiger partial charge in [0.1, 0.15) is 6.07 Å². The molecule has 0 saturated carbocycles. The number of anilines is 1. The Morgan fingerprint density at radius 1 is 1.24 bits per heavy atom.